The highest BCUT2D eigenvalue weighted by Crippen LogP contribution is 2.31. The van der Waals surface area contributed by atoms with Crippen molar-refractivity contribution in [2.45, 2.75) is 45.1 Å². The topological polar surface area (TPSA) is 45.5 Å². The van der Waals surface area contributed by atoms with Crippen LogP contribution in [0.25, 0.3) is 16.9 Å². The van der Waals surface area contributed by atoms with Crippen molar-refractivity contribution in [3.63, 3.8) is 0 Å². The fraction of sp³-hybridized carbons (Fsp3) is 0.273. The molecule has 0 amide bonds. The van der Waals surface area contributed by atoms with E-state index in [1.165, 1.54) is 34.0 Å². The molecule has 0 aliphatic rings. The van der Waals surface area contributed by atoms with Crippen LogP contribution in [0.5, 0.6) is 0 Å². The van der Waals surface area contributed by atoms with Crippen molar-refractivity contribution >= 4 is 30.5 Å². The van der Waals surface area contributed by atoms with Crippen LogP contribution in [0.1, 0.15) is 37.0 Å². The number of nitrogens with zero attached hydrogens (tertiary/aromatic N) is 4. The molecule has 0 unspecified atom stereocenters. The molecule has 5 nitrogen and oxygen atoms in total. The Balaban J connectivity index is 0.00000216. The van der Waals surface area contributed by atoms with Gasteiger partial charge in [0.15, 0.2) is 5.82 Å². The van der Waals surface area contributed by atoms with Gasteiger partial charge in [0.25, 0.3) is 0 Å². The molecular formula is C33H40FN5S. The zero-order valence-corrected chi connectivity index (χ0v) is 24.8. The van der Waals surface area contributed by atoms with Crippen molar-refractivity contribution in [1.82, 2.24) is 20.0 Å². The maximum Gasteiger partial charge on any atom is 0.173 e. The van der Waals surface area contributed by atoms with Gasteiger partial charge in [0.1, 0.15) is 10.7 Å². The number of hydrogen-bond donors (Lipinski definition) is 1. The average molecular weight is 558 g/mol. The molecule has 0 bridgehead atoms. The van der Waals surface area contributed by atoms with Gasteiger partial charge in [0.2, 0.25) is 0 Å². The van der Waals surface area contributed by atoms with Gasteiger partial charge < -0.3 is 10.2 Å². The molecule has 0 fully saturated rings. The highest BCUT2D eigenvalue weighted by atomic mass is 32.2. The summed E-state index contributed by atoms with van der Waals surface area (Å²) < 4.78 is 15.0. The lowest BCUT2D eigenvalue weighted by molar-refractivity contribution is 0.322. The van der Waals surface area contributed by atoms with E-state index in [1.54, 1.807) is 4.68 Å². The van der Waals surface area contributed by atoms with Crippen LogP contribution < -0.4 is 5.32 Å². The SMILES string of the molecule is C=Nc1c(SF)cnn1/C(=C\Cc1ccccc1C)NCCCN(C)Cc1cccc(-c2ccccc2)c1.CC. The lowest BCUT2D eigenvalue weighted by Gasteiger charge is -2.18. The molecule has 0 radical (unpaired) electrons. The van der Waals surface area contributed by atoms with Crippen LogP contribution in [0.3, 0.4) is 0 Å². The molecule has 0 spiro atoms. The summed E-state index contributed by atoms with van der Waals surface area (Å²) in [5.41, 5.74) is 6.20. The monoisotopic (exact) mass is 557 g/mol. The minimum absolute atomic E-state index is 0.129. The first-order valence-electron chi connectivity index (χ1n) is 13.7. The number of aryl methyl sites for hydroxylation is 1. The summed E-state index contributed by atoms with van der Waals surface area (Å²) in [6.07, 6.45) is 5.21. The Labute approximate surface area is 243 Å². The van der Waals surface area contributed by atoms with E-state index in [1.807, 2.05) is 32.0 Å². The smallest absolute Gasteiger partial charge is 0.173 e. The number of rotatable bonds is 13. The molecule has 4 aromatic rings. The normalized spacial score (nSPS) is 11.2. The Kier molecular flexibility index (Phi) is 12.7. The molecule has 210 valence electrons. The van der Waals surface area contributed by atoms with Gasteiger partial charge in [-0.3, -0.25) is 0 Å². The van der Waals surface area contributed by atoms with E-state index in [2.05, 4.69) is 108 Å². The minimum atomic E-state index is 0.129. The quantitative estimate of drug-likeness (QED) is 0.133. The van der Waals surface area contributed by atoms with Crippen LogP contribution in [0.15, 0.2) is 101 Å². The van der Waals surface area contributed by atoms with Gasteiger partial charge >= 0.3 is 0 Å². The van der Waals surface area contributed by atoms with E-state index in [0.29, 0.717) is 10.7 Å². The van der Waals surface area contributed by atoms with E-state index in [4.69, 9.17) is 0 Å². The van der Waals surface area contributed by atoms with Gasteiger partial charge in [-0.15, -0.1) is 0 Å². The first-order chi connectivity index (χ1) is 19.6. The molecule has 0 aliphatic carbocycles. The fourth-order valence-electron chi connectivity index (χ4n) is 4.42. The molecule has 1 heterocycles. The lowest BCUT2D eigenvalue weighted by Crippen LogP contribution is -2.25. The first-order valence-corrected chi connectivity index (χ1v) is 14.5. The second-order valence-electron chi connectivity index (χ2n) is 9.28. The van der Waals surface area contributed by atoms with Gasteiger partial charge in [-0.1, -0.05) is 86.6 Å². The Hall–Kier alpha value is -3.68. The molecule has 0 atom stereocenters. The predicted molar refractivity (Wildman–Crippen MR) is 170 cm³/mol. The van der Waals surface area contributed by atoms with Gasteiger partial charge in [-0.2, -0.15) is 13.7 Å². The highest BCUT2D eigenvalue weighted by Gasteiger charge is 2.14. The van der Waals surface area contributed by atoms with E-state index >= 15 is 0 Å². The molecule has 4 rings (SSSR count). The molecule has 3 aromatic carbocycles. The molecular weight excluding hydrogens is 517 g/mol. The summed E-state index contributed by atoms with van der Waals surface area (Å²) in [6, 6.07) is 27.5. The van der Waals surface area contributed by atoms with Crippen LogP contribution >= 0.6 is 12.1 Å². The number of aliphatic imine (C=N–C) groups is 1. The molecule has 40 heavy (non-hydrogen) atoms. The summed E-state index contributed by atoms with van der Waals surface area (Å²) in [5, 5.41) is 7.88. The summed E-state index contributed by atoms with van der Waals surface area (Å²) in [6.45, 7) is 12.3. The minimum Gasteiger partial charge on any atom is -0.370 e. The number of aromatic nitrogens is 2. The van der Waals surface area contributed by atoms with Crippen molar-refractivity contribution in [2.24, 2.45) is 4.99 Å². The zero-order chi connectivity index (χ0) is 28.7. The standard InChI is InChI=1S/C31H34FN5S.C2H6/c1-24-11-7-8-13-26(24)17-18-30(37-31(33-2)29(38-32)22-35-37)34-19-10-20-36(3)23-25-12-9-16-28(21-25)27-14-5-4-6-15-27;1-2/h4-9,11-16,18,21-22,34H,2,10,17,19-20,23H2,1,3H3;1-2H3/b30-18-;. The second kappa shape index (κ2) is 16.4. The number of halogens is 1. The number of allylic oxidation sites excluding steroid dienone is 1. The molecule has 0 aliphatic heterocycles. The van der Waals surface area contributed by atoms with Gasteiger partial charge in [-0.25, -0.2) is 4.99 Å². The van der Waals surface area contributed by atoms with Crippen LogP contribution in [-0.4, -0.2) is 41.5 Å². The Bertz CT molecular complexity index is 1370. The Morgan fingerprint density at radius 1 is 1.05 bits per heavy atom. The maximum absolute atomic E-state index is 13.4. The first kappa shape index (κ1) is 30.9. The lowest BCUT2D eigenvalue weighted by atomic mass is 10.0. The Morgan fingerprint density at radius 2 is 1.77 bits per heavy atom. The van der Waals surface area contributed by atoms with E-state index in [-0.39, 0.29) is 12.1 Å². The maximum atomic E-state index is 13.4. The summed E-state index contributed by atoms with van der Waals surface area (Å²) in [4.78, 5) is 6.70. The highest BCUT2D eigenvalue weighted by molar-refractivity contribution is 7.94. The van der Waals surface area contributed by atoms with E-state index in [9.17, 15) is 3.89 Å². The molecule has 7 heteroatoms. The molecule has 1 N–H and O–H groups in total. The second-order valence-corrected chi connectivity index (χ2v) is 9.88. The van der Waals surface area contributed by atoms with Crippen molar-refractivity contribution in [2.75, 3.05) is 20.1 Å². The third kappa shape index (κ3) is 8.66. The largest absolute Gasteiger partial charge is 0.370 e. The fourth-order valence-corrected chi connectivity index (χ4v) is 4.72. The molecule has 1 aromatic heterocycles. The zero-order valence-electron chi connectivity index (χ0n) is 24.0. The predicted octanol–water partition coefficient (Wildman–Crippen LogP) is 8.35. The van der Waals surface area contributed by atoms with Crippen LogP contribution in [0.2, 0.25) is 0 Å². The average Bonchev–Trinajstić information content (AvgIpc) is 3.42. The number of hydrogen-bond acceptors (Lipinski definition) is 5. The third-order valence-corrected chi connectivity index (χ3v) is 6.91. The van der Waals surface area contributed by atoms with E-state index < -0.39 is 0 Å². The summed E-state index contributed by atoms with van der Waals surface area (Å²) in [5.74, 6) is 1.17. The van der Waals surface area contributed by atoms with Crippen molar-refractivity contribution in [1.29, 1.82) is 0 Å². The van der Waals surface area contributed by atoms with Crippen molar-refractivity contribution in [3.05, 3.63) is 108 Å². The Morgan fingerprint density at radius 3 is 2.50 bits per heavy atom. The van der Waals surface area contributed by atoms with Crippen LogP contribution in [0.4, 0.5) is 9.70 Å². The van der Waals surface area contributed by atoms with Gasteiger partial charge in [0, 0.05) is 13.1 Å². The van der Waals surface area contributed by atoms with Gasteiger partial charge in [-0.05, 0) is 80.0 Å². The molecule has 0 saturated heterocycles. The van der Waals surface area contributed by atoms with Crippen LogP contribution in [0, 0.1) is 6.92 Å². The number of nitrogens with one attached hydrogen (secondary N) is 1. The van der Waals surface area contributed by atoms with Crippen LogP contribution in [-0.2, 0) is 13.0 Å². The third-order valence-electron chi connectivity index (χ3n) is 6.46. The molecule has 0 saturated carbocycles. The van der Waals surface area contributed by atoms with Gasteiger partial charge in [0.05, 0.1) is 18.3 Å². The summed E-state index contributed by atoms with van der Waals surface area (Å²) in [7, 11) is 2.14. The number of benzene rings is 3. The summed E-state index contributed by atoms with van der Waals surface area (Å²) >= 11 is 0.129. The van der Waals surface area contributed by atoms with Crippen molar-refractivity contribution < 1.29 is 3.89 Å². The van der Waals surface area contributed by atoms with E-state index in [0.717, 1.165) is 38.3 Å². The van der Waals surface area contributed by atoms with Crippen molar-refractivity contribution in [3.8, 4) is 11.1 Å².